The number of anilines is 2. The highest BCUT2D eigenvalue weighted by atomic mass is 16.5. The van der Waals surface area contributed by atoms with E-state index in [-0.39, 0.29) is 12.1 Å². The summed E-state index contributed by atoms with van der Waals surface area (Å²) in [4.78, 5) is 24.4. The molecule has 1 aliphatic heterocycles. The highest BCUT2D eigenvalue weighted by Gasteiger charge is 2.16. The molecule has 0 radical (unpaired) electrons. The van der Waals surface area contributed by atoms with Crippen molar-refractivity contribution in [1.29, 1.82) is 0 Å². The number of morpholine rings is 1. The van der Waals surface area contributed by atoms with Gasteiger partial charge in [0.25, 0.3) is 5.56 Å². The monoisotopic (exact) mass is 457 g/mol. The summed E-state index contributed by atoms with van der Waals surface area (Å²) in [6, 6.07) is 19.5. The number of aryl methyl sites for hydroxylation is 1. The number of benzene rings is 2. The third kappa shape index (κ3) is 4.50. The molecule has 1 saturated heterocycles. The first kappa shape index (κ1) is 22.1. The molecule has 2 aromatic carbocycles. The molecule has 1 atom stereocenters. The van der Waals surface area contributed by atoms with Gasteiger partial charge in [-0.3, -0.25) is 4.79 Å². The van der Waals surface area contributed by atoms with Crippen LogP contribution in [0.25, 0.3) is 22.2 Å². The largest absolute Gasteiger partial charge is 0.387 e. The van der Waals surface area contributed by atoms with Crippen LogP contribution in [0.4, 0.5) is 11.5 Å². The SMILES string of the molecule is Cn1cnc2cc(-c3ccc(N4CCOCC4)cc3)nc(NCC(O)c3ccccc3)c2c1=O. The van der Waals surface area contributed by atoms with Gasteiger partial charge in [-0.15, -0.1) is 0 Å². The average molecular weight is 458 g/mol. The van der Waals surface area contributed by atoms with Crippen molar-refractivity contribution in [3.05, 3.63) is 82.9 Å². The summed E-state index contributed by atoms with van der Waals surface area (Å²) in [5.41, 5.74) is 3.93. The number of aliphatic hydroxyl groups is 1. The van der Waals surface area contributed by atoms with Crippen LogP contribution in [0.1, 0.15) is 11.7 Å². The second kappa shape index (κ2) is 9.62. The predicted molar refractivity (Wildman–Crippen MR) is 133 cm³/mol. The minimum absolute atomic E-state index is 0.191. The minimum Gasteiger partial charge on any atom is -0.387 e. The van der Waals surface area contributed by atoms with Gasteiger partial charge in [-0.1, -0.05) is 42.5 Å². The molecular formula is C26H27N5O3. The lowest BCUT2D eigenvalue weighted by atomic mass is 10.1. The molecule has 0 bridgehead atoms. The Morgan fingerprint density at radius 1 is 1.09 bits per heavy atom. The summed E-state index contributed by atoms with van der Waals surface area (Å²) in [5.74, 6) is 0.411. The van der Waals surface area contributed by atoms with Gasteiger partial charge in [0, 0.05) is 37.9 Å². The van der Waals surface area contributed by atoms with E-state index in [1.165, 1.54) is 10.9 Å². The van der Waals surface area contributed by atoms with Crippen molar-refractivity contribution in [3.8, 4) is 11.3 Å². The van der Waals surface area contributed by atoms with Gasteiger partial charge < -0.3 is 24.6 Å². The summed E-state index contributed by atoms with van der Waals surface area (Å²) in [6.07, 6.45) is 0.772. The smallest absolute Gasteiger partial charge is 0.264 e. The van der Waals surface area contributed by atoms with Crippen molar-refractivity contribution in [2.24, 2.45) is 7.05 Å². The lowest BCUT2D eigenvalue weighted by molar-refractivity contribution is 0.122. The van der Waals surface area contributed by atoms with Crippen LogP contribution in [0, 0.1) is 0 Å². The molecule has 34 heavy (non-hydrogen) atoms. The van der Waals surface area contributed by atoms with E-state index < -0.39 is 6.10 Å². The molecule has 1 unspecified atom stereocenters. The van der Waals surface area contributed by atoms with Gasteiger partial charge in [-0.05, 0) is 23.8 Å². The molecule has 3 heterocycles. The van der Waals surface area contributed by atoms with Crippen molar-refractivity contribution < 1.29 is 9.84 Å². The lowest BCUT2D eigenvalue weighted by Crippen LogP contribution is -2.36. The maximum Gasteiger partial charge on any atom is 0.264 e. The van der Waals surface area contributed by atoms with E-state index in [0.29, 0.717) is 22.4 Å². The maximum atomic E-state index is 12.9. The zero-order chi connectivity index (χ0) is 23.5. The predicted octanol–water partition coefficient (Wildman–Crippen LogP) is 2.98. The molecule has 4 aromatic rings. The number of nitrogens with one attached hydrogen (secondary N) is 1. The molecule has 5 rings (SSSR count). The number of hydrogen-bond acceptors (Lipinski definition) is 7. The Labute approximate surface area is 197 Å². The van der Waals surface area contributed by atoms with Crippen LogP contribution in [-0.4, -0.2) is 52.5 Å². The highest BCUT2D eigenvalue weighted by molar-refractivity contribution is 5.91. The Morgan fingerprint density at radius 2 is 1.82 bits per heavy atom. The molecule has 2 N–H and O–H groups in total. The number of aliphatic hydroxyl groups excluding tert-OH is 1. The molecule has 174 valence electrons. The maximum absolute atomic E-state index is 12.9. The number of aromatic nitrogens is 3. The van der Waals surface area contributed by atoms with Gasteiger partial charge >= 0.3 is 0 Å². The topological polar surface area (TPSA) is 92.5 Å². The first-order valence-electron chi connectivity index (χ1n) is 11.4. The van der Waals surface area contributed by atoms with Crippen LogP contribution in [-0.2, 0) is 11.8 Å². The first-order valence-corrected chi connectivity index (χ1v) is 11.4. The van der Waals surface area contributed by atoms with Crippen LogP contribution in [0.2, 0.25) is 0 Å². The van der Waals surface area contributed by atoms with E-state index in [1.54, 1.807) is 7.05 Å². The van der Waals surface area contributed by atoms with E-state index in [1.807, 2.05) is 48.5 Å². The van der Waals surface area contributed by atoms with Gasteiger partial charge in [0.2, 0.25) is 0 Å². The van der Waals surface area contributed by atoms with Crippen LogP contribution >= 0.6 is 0 Å². The Balaban J connectivity index is 1.48. The van der Waals surface area contributed by atoms with E-state index in [9.17, 15) is 9.90 Å². The molecule has 0 spiro atoms. The average Bonchev–Trinajstić information content (AvgIpc) is 2.90. The molecule has 8 nitrogen and oxygen atoms in total. The molecule has 8 heteroatoms. The fourth-order valence-corrected chi connectivity index (χ4v) is 4.15. The highest BCUT2D eigenvalue weighted by Crippen LogP contribution is 2.27. The number of ether oxygens (including phenoxy) is 1. The molecular weight excluding hydrogens is 430 g/mol. The quantitative estimate of drug-likeness (QED) is 0.460. The Morgan fingerprint density at radius 3 is 2.56 bits per heavy atom. The summed E-state index contributed by atoms with van der Waals surface area (Å²) < 4.78 is 6.87. The molecule has 0 aliphatic carbocycles. The molecule has 0 saturated carbocycles. The van der Waals surface area contributed by atoms with Crippen molar-refractivity contribution in [1.82, 2.24) is 14.5 Å². The van der Waals surface area contributed by atoms with Gasteiger partial charge in [0.05, 0.1) is 36.9 Å². The molecule has 1 aliphatic rings. The van der Waals surface area contributed by atoms with Crippen molar-refractivity contribution in [2.75, 3.05) is 43.1 Å². The summed E-state index contributed by atoms with van der Waals surface area (Å²) in [7, 11) is 1.66. The fraction of sp³-hybridized carbons (Fsp3) is 0.269. The Kier molecular flexibility index (Phi) is 6.24. The normalized spacial score (nSPS) is 14.8. The minimum atomic E-state index is -0.741. The van der Waals surface area contributed by atoms with E-state index in [2.05, 4.69) is 27.3 Å². The number of nitrogens with zero attached hydrogens (tertiary/aromatic N) is 4. The second-order valence-electron chi connectivity index (χ2n) is 8.36. The van der Waals surface area contributed by atoms with Crippen LogP contribution in [0.15, 0.2) is 71.8 Å². The van der Waals surface area contributed by atoms with Crippen molar-refractivity contribution >= 4 is 22.4 Å². The number of pyridine rings is 1. The molecule has 0 amide bonds. The van der Waals surface area contributed by atoms with E-state index in [4.69, 9.17) is 9.72 Å². The Bertz CT molecular complexity index is 1330. The van der Waals surface area contributed by atoms with Gasteiger partial charge in [0.15, 0.2) is 0 Å². The third-order valence-electron chi connectivity index (χ3n) is 6.09. The van der Waals surface area contributed by atoms with Gasteiger partial charge in [-0.2, -0.15) is 0 Å². The fourth-order valence-electron chi connectivity index (χ4n) is 4.15. The summed E-state index contributed by atoms with van der Waals surface area (Å²) in [5, 5.41) is 14.2. The lowest BCUT2D eigenvalue weighted by Gasteiger charge is -2.28. The Hall–Kier alpha value is -3.75. The number of rotatable bonds is 6. The van der Waals surface area contributed by atoms with Crippen LogP contribution in [0.5, 0.6) is 0 Å². The number of hydrogen-bond donors (Lipinski definition) is 2. The van der Waals surface area contributed by atoms with Crippen LogP contribution < -0.4 is 15.8 Å². The first-order chi connectivity index (χ1) is 16.6. The molecule has 1 fully saturated rings. The molecule has 2 aromatic heterocycles. The summed E-state index contributed by atoms with van der Waals surface area (Å²) >= 11 is 0. The number of fused-ring (bicyclic) bond motifs is 1. The van der Waals surface area contributed by atoms with Gasteiger partial charge in [0.1, 0.15) is 11.2 Å². The van der Waals surface area contributed by atoms with Crippen molar-refractivity contribution in [2.45, 2.75) is 6.10 Å². The zero-order valence-electron chi connectivity index (χ0n) is 19.0. The zero-order valence-corrected chi connectivity index (χ0v) is 19.0. The van der Waals surface area contributed by atoms with Crippen molar-refractivity contribution in [3.63, 3.8) is 0 Å². The second-order valence-corrected chi connectivity index (χ2v) is 8.36. The van der Waals surface area contributed by atoms with E-state index >= 15 is 0 Å². The van der Waals surface area contributed by atoms with E-state index in [0.717, 1.165) is 43.1 Å². The summed E-state index contributed by atoms with van der Waals surface area (Å²) in [6.45, 7) is 3.43. The van der Waals surface area contributed by atoms with Crippen LogP contribution in [0.3, 0.4) is 0 Å². The standard InChI is InChI=1S/C26H27N5O3/c1-30-17-28-22-15-21(18-7-9-20(10-8-18)31-11-13-34-14-12-31)29-25(24(22)26(30)33)27-16-23(32)19-5-3-2-4-6-19/h2-10,15,17,23,32H,11-14,16H2,1H3,(H,27,29). The van der Waals surface area contributed by atoms with Gasteiger partial charge in [-0.25, -0.2) is 9.97 Å². The third-order valence-corrected chi connectivity index (χ3v) is 6.09.